The molecule has 0 aliphatic rings. The van der Waals surface area contributed by atoms with E-state index in [9.17, 15) is 4.79 Å². The number of carbonyl (C=O) groups excluding carboxylic acids is 1. The second-order valence-electron chi connectivity index (χ2n) is 7.06. The van der Waals surface area contributed by atoms with E-state index in [-0.39, 0.29) is 0 Å². The number of nitrogens with zero attached hydrogens (tertiary/aromatic N) is 2. The van der Waals surface area contributed by atoms with Gasteiger partial charge in [0.05, 0.1) is 12.2 Å². The molecule has 0 spiro atoms. The van der Waals surface area contributed by atoms with Gasteiger partial charge < -0.3 is 20.7 Å². The second-order valence-corrected chi connectivity index (χ2v) is 7.92. The van der Waals surface area contributed by atoms with E-state index in [1.807, 2.05) is 51.3 Å². The Kier molecular flexibility index (Phi) is 8.25. The van der Waals surface area contributed by atoms with Crippen LogP contribution in [0.3, 0.4) is 0 Å². The van der Waals surface area contributed by atoms with E-state index in [0.29, 0.717) is 25.6 Å². The van der Waals surface area contributed by atoms with Crippen LogP contribution in [0.15, 0.2) is 40.7 Å². The van der Waals surface area contributed by atoms with Crippen LogP contribution in [0.2, 0.25) is 0 Å². The Morgan fingerprint density at radius 1 is 1.14 bits per heavy atom. The van der Waals surface area contributed by atoms with Gasteiger partial charge in [0.1, 0.15) is 10.6 Å². The van der Waals surface area contributed by atoms with Crippen LogP contribution in [0.5, 0.6) is 0 Å². The van der Waals surface area contributed by atoms with Crippen molar-refractivity contribution < 1.29 is 9.53 Å². The molecule has 8 heteroatoms. The molecule has 3 N–H and O–H groups in total. The maximum Gasteiger partial charge on any atom is 0.407 e. The molecule has 1 aromatic heterocycles. The number of hydrogen-bond donors (Lipinski definition) is 3. The summed E-state index contributed by atoms with van der Waals surface area (Å²) in [5.41, 5.74) is 1.54. The van der Waals surface area contributed by atoms with Gasteiger partial charge >= 0.3 is 6.09 Å². The number of thiazole rings is 1. The number of amides is 1. The summed E-state index contributed by atoms with van der Waals surface area (Å²) in [7, 11) is 0. The Labute approximate surface area is 170 Å². The minimum absolute atomic E-state index is 0.424. The van der Waals surface area contributed by atoms with Gasteiger partial charge in [-0.1, -0.05) is 30.3 Å². The molecule has 7 nitrogen and oxygen atoms in total. The van der Waals surface area contributed by atoms with Crippen molar-refractivity contribution in [1.29, 1.82) is 0 Å². The molecule has 0 unspecified atom stereocenters. The van der Waals surface area contributed by atoms with Crippen molar-refractivity contribution in [3.63, 3.8) is 0 Å². The highest BCUT2D eigenvalue weighted by atomic mass is 32.1. The molecule has 0 fully saturated rings. The molecule has 2 aromatic rings. The van der Waals surface area contributed by atoms with Gasteiger partial charge in [-0.3, -0.25) is 0 Å². The highest BCUT2D eigenvalue weighted by Gasteiger charge is 2.15. The highest BCUT2D eigenvalue weighted by molar-refractivity contribution is 7.13. The van der Waals surface area contributed by atoms with Crippen molar-refractivity contribution in [2.75, 3.05) is 19.6 Å². The molecule has 1 amide bonds. The number of aromatic nitrogens is 1. The molecule has 0 aliphatic carbocycles. The van der Waals surface area contributed by atoms with E-state index in [1.54, 1.807) is 11.3 Å². The van der Waals surface area contributed by atoms with Crippen molar-refractivity contribution >= 4 is 23.4 Å². The fraction of sp³-hybridized carbons (Fsp3) is 0.450. The summed E-state index contributed by atoms with van der Waals surface area (Å²) < 4.78 is 5.21. The van der Waals surface area contributed by atoms with Crippen LogP contribution in [0.25, 0.3) is 10.6 Å². The maximum absolute atomic E-state index is 11.6. The number of hydrogen-bond acceptors (Lipinski definition) is 5. The first-order valence-corrected chi connectivity index (χ1v) is 10.2. The van der Waals surface area contributed by atoms with E-state index >= 15 is 0 Å². The molecule has 1 aromatic carbocycles. The van der Waals surface area contributed by atoms with Gasteiger partial charge in [-0.25, -0.2) is 14.8 Å². The smallest absolute Gasteiger partial charge is 0.407 e. The molecule has 0 radical (unpaired) electrons. The third-order valence-corrected chi connectivity index (χ3v) is 4.34. The molecule has 0 saturated heterocycles. The Bertz CT molecular complexity index is 768. The topological polar surface area (TPSA) is 87.6 Å². The first-order chi connectivity index (χ1) is 13.4. The van der Waals surface area contributed by atoms with Gasteiger partial charge in [-0.15, -0.1) is 11.3 Å². The number of ether oxygens (including phenoxy) is 1. The molecule has 28 heavy (non-hydrogen) atoms. The van der Waals surface area contributed by atoms with Crippen LogP contribution in [-0.4, -0.2) is 42.3 Å². The number of nitrogens with one attached hydrogen (secondary N) is 3. The second kappa shape index (κ2) is 10.7. The predicted molar refractivity (Wildman–Crippen MR) is 115 cm³/mol. The first kappa shape index (κ1) is 21.7. The summed E-state index contributed by atoms with van der Waals surface area (Å²) in [6.45, 7) is 9.72. The van der Waals surface area contributed by atoms with E-state index in [2.05, 4.69) is 38.1 Å². The fourth-order valence-electron chi connectivity index (χ4n) is 2.25. The zero-order valence-corrected chi connectivity index (χ0v) is 17.7. The van der Waals surface area contributed by atoms with E-state index in [0.717, 1.165) is 22.8 Å². The summed E-state index contributed by atoms with van der Waals surface area (Å²) in [6.07, 6.45) is -0.424. The van der Waals surface area contributed by atoms with Crippen LogP contribution >= 0.6 is 11.3 Å². The minimum atomic E-state index is -0.500. The van der Waals surface area contributed by atoms with Crippen LogP contribution in [0.4, 0.5) is 4.79 Å². The SMILES string of the molecule is CCNC(=NCc1csc(-c2ccccc2)n1)NCCNC(=O)OC(C)(C)C. The van der Waals surface area contributed by atoms with Crippen LogP contribution < -0.4 is 16.0 Å². The Morgan fingerprint density at radius 2 is 1.86 bits per heavy atom. The van der Waals surface area contributed by atoms with E-state index in [1.165, 1.54) is 0 Å². The Hall–Kier alpha value is -2.61. The Morgan fingerprint density at radius 3 is 2.54 bits per heavy atom. The average Bonchev–Trinajstić information content (AvgIpc) is 3.11. The lowest BCUT2D eigenvalue weighted by molar-refractivity contribution is 0.0529. The summed E-state index contributed by atoms with van der Waals surface area (Å²) in [4.78, 5) is 20.9. The monoisotopic (exact) mass is 403 g/mol. The van der Waals surface area contributed by atoms with Crippen molar-refractivity contribution in [1.82, 2.24) is 20.9 Å². The largest absolute Gasteiger partial charge is 0.444 e. The summed E-state index contributed by atoms with van der Waals surface area (Å²) in [6, 6.07) is 10.1. The van der Waals surface area contributed by atoms with Gasteiger partial charge in [0.2, 0.25) is 0 Å². The maximum atomic E-state index is 11.6. The molecule has 0 aliphatic heterocycles. The molecular weight excluding hydrogens is 374 g/mol. The molecule has 0 atom stereocenters. The molecule has 0 bridgehead atoms. The van der Waals surface area contributed by atoms with Crippen molar-refractivity contribution in [3.05, 3.63) is 41.4 Å². The van der Waals surface area contributed by atoms with Crippen LogP contribution in [-0.2, 0) is 11.3 Å². The van der Waals surface area contributed by atoms with Crippen LogP contribution in [0, 0.1) is 0 Å². The number of guanidine groups is 1. The van der Waals surface area contributed by atoms with E-state index < -0.39 is 11.7 Å². The molecular formula is C20H29N5O2S. The zero-order valence-electron chi connectivity index (χ0n) is 16.9. The number of aliphatic imine (C=N–C) groups is 1. The zero-order chi connectivity index (χ0) is 20.4. The number of benzene rings is 1. The molecule has 0 saturated carbocycles. The lowest BCUT2D eigenvalue weighted by Gasteiger charge is -2.19. The summed E-state index contributed by atoms with van der Waals surface area (Å²) >= 11 is 1.61. The normalized spacial score (nSPS) is 11.8. The van der Waals surface area contributed by atoms with Crippen LogP contribution in [0.1, 0.15) is 33.4 Å². The van der Waals surface area contributed by atoms with E-state index in [4.69, 9.17) is 4.74 Å². The van der Waals surface area contributed by atoms with Gasteiger partial charge in [-0.2, -0.15) is 0 Å². The van der Waals surface area contributed by atoms with Gasteiger partial charge in [0, 0.05) is 30.6 Å². The summed E-state index contributed by atoms with van der Waals surface area (Å²) in [5, 5.41) is 12.1. The highest BCUT2D eigenvalue weighted by Crippen LogP contribution is 2.23. The van der Waals surface area contributed by atoms with Gasteiger partial charge in [-0.05, 0) is 27.7 Å². The molecule has 2 rings (SSSR count). The standard InChI is InChI=1S/C20H29N5O2S/c1-5-21-18(22-11-12-23-19(26)27-20(2,3)4)24-13-16-14-28-17(25-16)15-9-7-6-8-10-15/h6-10,14H,5,11-13H2,1-4H3,(H,23,26)(H2,21,22,24). The molecule has 152 valence electrons. The quantitative estimate of drug-likeness (QED) is 0.375. The third-order valence-electron chi connectivity index (χ3n) is 3.40. The third kappa shape index (κ3) is 7.96. The van der Waals surface area contributed by atoms with Crippen molar-refractivity contribution in [2.24, 2.45) is 4.99 Å². The van der Waals surface area contributed by atoms with Crippen molar-refractivity contribution in [2.45, 2.75) is 39.8 Å². The average molecular weight is 404 g/mol. The molecule has 1 heterocycles. The lowest BCUT2D eigenvalue weighted by atomic mass is 10.2. The van der Waals surface area contributed by atoms with Crippen molar-refractivity contribution in [3.8, 4) is 10.6 Å². The van der Waals surface area contributed by atoms with Gasteiger partial charge in [0.25, 0.3) is 0 Å². The number of carbonyl (C=O) groups is 1. The first-order valence-electron chi connectivity index (χ1n) is 9.36. The Balaban J connectivity index is 1.82. The predicted octanol–water partition coefficient (Wildman–Crippen LogP) is 3.39. The summed E-state index contributed by atoms with van der Waals surface area (Å²) in [5.74, 6) is 0.683. The number of rotatable bonds is 7. The fourth-order valence-corrected chi connectivity index (χ4v) is 3.07. The lowest BCUT2D eigenvalue weighted by Crippen LogP contribution is -2.42. The minimum Gasteiger partial charge on any atom is -0.444 e. The van der Waals surface area contributed by atoms with Gasteiger partial charge in [0.15, 0.2) is 5.96 Å². The number of alkyl carbamates (subject to hydrolysis) is 1.